The average Bonchev–Trinajstić information content (AvgIpc) is 2.47. The van der Waals surface area contributed by atoms with Crippen LogP contribution in [0.1, 0.15) is 11.1 Å². The van der Waals surface area contributed by atoms with Crippen LogP contribution in [0.25, 0.3) is 0 Å². The van der Waals surface area contributed by atoms with E-state index in [-0.39, 0.29) is 5.84 Å². The molecule has 1 aromatic heterocycles. The van der Waals surface area contributed by atoms with Gasteiger partial charge in [-0.1, -0.05) is 18.2 Å². The van der Waals surface area contributed by atoms with E-state index in [0.717, 1.165) is 16.8 Å². The van der Waals surface area contributed by atoms with E-state index in [2.05, 4.69) is 4.98 Å². The number of hydrogen-bond acceptors (Lipinski definition) is 4. The molecule has 0 atom stereocenters. The summed E-state index contributed by atoms with van der Waals surface area (Å²) in [6.45, 7) is 0.626. The maximum atomic E-state index is 7.64. The highest BCUT2D eigenvalue weighted by Gasteiger charge is 2.12. The minimum absolute atomic E-state index is 0.0607. The molecule has 5 heteroatoms. The Morgan fingerprint density at radius 3 is 2.75 bits per heavy atom. The van der Waals surface area contributed by atoms with Crippen molar-refractivity contribution >= 4 is 11.5 Å². The van der Waals surface area contributed by atoms with Crippen molar-refractivity contribution in [2.75, 3.05) is 19.1 Å². The maximum absolute atomic E-state index is 7.64. The molecule has 0 spiro atoms. The van der Waals surface area contributed by atoms with Crippen LogP contribution in [0.2, 0.25) is 0 Å². The van der Waals surface area contributed by atoms with Crippen LogP contribution >= 0.6 is 0 Å². The molecule has 0 unspecified atom stereocenters. The van der Waals surface area contributed by atoms with Gasteiger partial charge in [-0.3, -0.25) is 5.41 Å². The monoisotopic (exact) mass is 270 g/mol. The number of amidine groups is 1. The van der Waals surface area contributed by atoms with E-state index >= 15 is 0 Å². The summed E-state index contributed by atoms with van der Waals surface area (Å²) in [6, 6.07) is 11.4. The molecule has 3 N–H and O–H groups in total. The zero-order valence-corrected chi connectivity index (χ0v) is 11.6. The summed E-state index contributed by atoms with van der Waals surface area (Å²) in [7, 11) is 3.56. The van der Waals surface area contributed by atoms with Crippen LogP contribution in [-0.2, 0) is 6.54 Å². The summed E-state index contributed by atoms with van der Waals surface area (Å²) in [6.07, 6.45) is 1.70. The van der Waals surface area contributed by atoms with Gasteiger partial charge in [-0.2, -0.15) is 0 Å². The van der Waals surface area contributed by atoms with Crippen molar-refractivity contribution in [3.05, 3.63) is 53.7 Å². The molecular weight excluding hydrogens is 252 g/mol. The minimum atomic E-state index is 0.0607. The molecule has 1 aromatic carbocycles. The van der Waals surface area contributed by atoms with Gasteiger partial charge in [-0.25, -0.2) is 4.98 Å². The molecule has 0 fully saturated rings. The number of nitrogens with one attached hydrogen (secondary N) is 1. The number of aromatic nitrogens is 1. The molecular formula is C15H18N4O. The van der Waals surface area contributed by atoms with E-state index in [4.69, 9.17) is 15.9 Å². The molecule has 0 saturated heterocycles. The largest absolute Gasteiger partial charge is 0.481 e. The predicted octanol–water partition coefficient (Wildman–Crippen LogP) is 2.01. The molecule has 0 aliphatic heterocycles. The Hall–Kier alpha value is -2.56. The van der Waals surface area contributed by atoms with Gasteiger partial charge < -0.3 is 15.4 Å². The second-order valence-corrected chi connectivity index (χ2v) is 4.46. The molecule has 0 bridgehead atoms. The number of anilines is 1. The van der Waals surface area contributed by atoms with Crippen LogP contribution in [0.15, 0.2) is 42.6 Å². The van der Waals surface area contributed by atoms with Crippen molar-refractivity contribution in [1.29, 1.82) is 5.41 Å². The Labute approximate surface area is 118 Å². The van der Waals surface area contributed by atoms with E-state index in [1.807, 2.05) is 48.3 Å². The third kappa shape index (κ3) is 2.88. The molecule has 0 aliphatic rings. The third-order valence-corrected chi connectivity index (χ3v) is 3.06. The van der Waals surface area contributed by atoms with Crippen LogP contribution in [0.4, 0.5) is 5.69 Å². The van der Waals surface area contributed by atoms with Crippen molar-refractivity contribution in [1.82, 2.24) is 4.98 Å². The number of nitrogen functional groups attached to an aromatic ring is 1. The zero-order valence-electron chi connectivity index (χ0n) is 11.6. The van der Waals surface area contributed by atoms with E-state index in [1.165, 1.54) is 0 Å². The summed E-state index contributed by atoms with van der Waals surface area (Å²) in [5.74, 6) is 0.672. The Kier molecular flexibility index (Phi) is 4.20. The first-order valence-corrected chi connectivity index (χ1v) is 6.26. The van der Waals surface area contributed by atoms with Crippen LogP contribution in [0.5, 0.6) is 5.88 Å². The fraction of sp³-hybridized carbons (Fsp3) is 0.200. The van der Waals surface area contributed by atoms with Crippen LogP contribution in [0.3, 0.4) is 0 Å². The topological polar surface area (TPSA) is 75.2 Å². The number of nitrogens with two attached hydrogens (primary N) is 1. The van der Waals surface area contributed by atoms with Crippen molar-refractivity contribution in [2.45, 2.75) is 6.54 Å². The molecule has 1 heterocycles. The lowest BCUT2D eigenvalue weighted by Gasteiger charge is -2.22. The lowest BCUT2D eigenvalue weighted by Crippen LogP contribution is -2.22. The second kappa shape index (κ2) is 6.06. The molecule has 0 amide bonds. The van der Waals surface area contributed by atoms with Gasteiger partial charge in [-0.15, -0.1) is 0 Å². The fourth-order valence-electron chi connectivity index (χ4n) is 2.10. The first-order valence-electron chi connectivity index (χ1n) is 6.26. The summed E-state index contributed by atoms with van der Waals surface area (Å²) in [5, 5.41) is 7.64. The summed E-state index contributed by atoms with van der Waals surface area (Å²) in [4.78, 5) is 6.21. The quantitative estimate of drug-likeness (QED) is 0.643. The number of benzene rings is 1. The van der Waals surface area contributed by atoms with Gasteiger partial charge in [0, 0.05) is 36.6 Å². The lowest BCUT2D eigenvalue weighted by molar-refractivity contribution is 0.392. The van der Waals surface area contributed by atoms with Gasteiger partial charge in [0.25, 0.3) is 0 Å². The van der Waals surface area contributed by atoms with Gasteiger partial charge in [0.1, 0.15) is 5.84 Å². The number of nitrogens with zero attached hydrogens (tertiary/aromatic N) is 2. The Bertz CT molecular complexity index is 612. The SMILES string of the molecule is COc1ncccc1CN(C)c1ccccc1C(=N)N. The molecule has 0 radical (unpaired) electrons. The molecule has 20 heavy (non-hydrogen) atoms. The first kappa shape index (κ1) is 13.9. The van der Waals surface area contributed by atoms with Gasteiger partial charge in [0.2, 0.25) is 5.88 Å². The van der Waals surface area contributed by atoms with Crippen molar-refractivity contribution in [2.24, 2.45) is 5.73 Å². The zero-order chi connectivity index (χ0) is 14.5. The number of para-hydroxylation sites is 1. The van der Waals surface area contributed by atoms with Crippen molar-refractivity contribution in [3.8, 4) is 5.88 Å². The van der Waals surface area contributed by atoms with Gasteiger partial charge in [0.15, 0.2) is 0 Å². The maximum Gasteiger partial charge on any atom is 0.218 e. The van der Waals surface area contributed by atoms with Crippen molar-refractivity contribution < 1.29 is 4.74 Å². The highest BCUT2D eigenvalue weighted by atomic mass is 16.5. The van der Waals surface area contributed by atoms with Crippen LogP contribution < -0.4 is 15.4 Å². The second-order valence-electron chi connectivity index (χ2n) is 4.46. The normalized spacial score (nSPS) is 10.1. The fourth-order valence-corrected chi connectivity index (χ4v) is 2.10. The number of rotatable bonds is 5. The first-order chi connectivity index (χ1) is 9.63. The van der Waals surface area contributed by atoms with E-state index in [0.29, 0.717) is 12.4 Å². The molecule has 2 rings (SSSR count). The Morgan fingerprint density at radius 2 is 2.05 bits per heavy atom. The van der Waals surface area contributed by atoms with Gasteiger partial charge >= 0.3 is 0 Å². The average molecular weight is 270 g/mol. The third-order valence-electron chi connectivity index (χ3n) is 3.06. The number of pyridine rings is 1. The Morgan fingerprint density at radius 1 is 1.30 bits per heavy atom. The predicted molar refractivity (Wildman–Crippen MR) is 80.4 cm³/mol. The van der Waals surface area contributed by atoms with E-state index in [9.17, 15) is 0 Å². The van der Waals surface area contributed by atoms with Gasteiger partial charge in [0.05, 0.1) is 7.11 Å². The number of hydrogen-bond donors (Lipinski definition) is 2. The Balaban J connectivity index is 2.29. The van der Waals surface area contributed by atoms with Crippen LogP contribution in [0, 0.1) is 5.41 Å². The highest BCUT2D eigenvalue weighted by Crippen LogP contribution is 2.23. The molecule has 104 valence electrons. The molecule has 0 saturated carbocycles. The molecule has 0 aliphatic carbocycles. The van der Waals surface area contributed by atoms with Gasteiger partial charge in [-0.05, 0) is 18.2 Å². The standard InChI is InChI=1S/C15H18N4O/c1-19(10-11-6-5-9-18-15(11)20-2)13-8-4-3-7-12(13)14(16)17/h3-9H,10H2,1-2H3,(H3,16,17). The molecule has 5 nitrogen and oxygen atoms in total. The summed E-state index contributed by atoms with van der Waals surface area (Å²) < 4.78 is 5.26. The highest BCUT2D eigenvalue weighted by molar-refractivity contribution is 6.00. The number of ether oxygens (including phenoxy) is 1. The summed E-state index contributed by atoms with van der Waals surface area (Å²) >= 11 is 0. The van der Waals surface area contributed by atoms with E-state index in [1.54, 1.807) is 13.3 Å². The van der Waals surface area contributed by atoms with E-state index < -0.39 is 0 Å². The molecule has 2 aromatic rings. The number of methoxy groups -OCH3 is 1. The minimum Gasteiger partial charge on any atom is -0.481 e. The smallest absolute Gasteiger partial charge is 0.218 e. The lowest BCUT2D eigenvalue weighted by atomic mass is 10.1. The van der Waals surface area contributed by atoms with Crippen LogP contribution in [-0.4, -0.2) is 25.0 Å². The van der Waals surface area contributed by atoms with Crippen molar-refractivity contribution in [3.63, 3.8) is 0 Å². The summed E-state index contributed by atoms with van der Waals surface area (Å²) in [5.41, 5.74) is 8.23.